The maximum Gasteiger partial charge on any atom is 0.262 e. The Hall–Kier alpha value is -1.99. The highest BCUT2D eigenvalue weighted by atomic mass is 35.5. The molecule has 0 atom stereocenters. The molecular formula is C17H11Cl3N2O. The van der Waals surface area contributed by atoms with Gasteiger partial charge in [-0.2, -0.15) is 5.26 Å². The molecule has 2 aromatic carbocycles. The van der Waals surface area contributed by atoms with E-state index >= 15 is 0 Å². The fourth-order valence-corrected chi connectivity index (χ4v) is 2.53. The predicted octanol–water partition coefficient (Wildman–Crippen LogP) is 4.87. The molecule has 0 unspecified atom stereocenters. The summed E-state index contributed by atoms with van der Waals surface area (Å²) >= 11 is 17.9. The van der Waals surface area contributed by atoms with E-state index in [-0.39, 0.29) is 15.6 Å². The van der Waals surface area contributed by atoms with E-state index in [1.54, 1.807) is 0 Å². The van der Waals surface area contributed by atoms with Crippen LogP contribution in [-0.2, 0) is 11.3 Å². The molecule has 1 N–H and O–H groups in total. The monoisotopic (exact) mass is 364 g/mol. The van der Waals surface area contributed by atoms with E-state index in [2.05, 4.69) is 5.32 Å². The summed E-state index contributed by atoms with van der Waals surface area (Å²) in [4.78, 5) is 12.1. The number of benzene rings is 2. The Morgan fingerprint density at radius 2 is 1.87 bits per heavy atom. The average Bonchev–Trinajstić information content (AvgIpc) is 2.55. The minimum absolute atomic E-state index is 0.0823. The number of hydrogen-bond donors (Lipinski definition) is 1. The van der Waals surface area contributed by atoms with E-state index in [0.29, 0.717) is 17.1 Å². The van der Waals surface area contributed by atoms with Gasteiger partial charge in [-0.25, -0.2) is 0 Å². The largest absolute Gasteiger partial charge is 0.347 e. The second-order valence-electron chi connectivity index (χ2n) is 4.63. The van der Waals surface area contributed by atoms with Gasteiger partial charge in [-0.05, 0) is 29.3 Å². The quantitative estimate of drug-likeness (QED) is 0.477. The van der Waals surface area contributed by atoms with Gasteiger partial charge in [0.15, 0.2) is 0 Å². The van der Waals surface area contributed by atoms with Crippen LogP contribution in [0, 0.1) is 11.3 Å². The first-order valence-corrected chi connectivity index (χ1v) is 7.73. The van der Waals surface area contributed by atoms with Gasteiger partial charge in [0, 0.05) is 11.6 Å². The zero-order valence-electron chi connectivity index (χ0n) is 11.8. The molecule has 0 radical (unpaired) electrons. The van der Waals surface area contributed by atoms with Crippen LogP contribution in [0.3, 0.4) is 0 Å². The summed E-state index contributed by atoms with van der Waals surface area (Å²) < 4.78 is 0. The van der Waals surface area contributed by atoms with Crippen molar-refractivity contribution in [2.45, 2.75) is 6.54 Å². The lowest BCUT2D eigenvalue weighted by molar-refractivity contribution is -0.117. The fourth-order valence-electron chi connectivity index (χ4n) is 1.86. The minimum Gasteiger partial charge on any atom is -0.347 e. The number of carbonyl (C=O) groups excluding carboxylic acids is 1. The standard InChI is InChI=1S/C17H11Cl3N2O/c18-14-7-12(16(20)15(19)8-14)6-13(9-21)17(23)22-10-11-4-2-1-3-5-11/h1-8H,10H2,(H,22,23)/b13-6+. The van der Waals surface area contributed by atoms with Crippen LogP contribution in [-0.4, -0.2) is 5.91 Å². The van der Waals surface area contributed by atoms with Crippen LogP contribution >= 0.6 is 34.8 Å². The Labute approximate surface area is 149 Å². The van der Waals surface area contributed by atoms with Crippen molar-refractivity contribution in [1.82, 2.24) is 5.32 Å². The van der Waals surface area contributed by atoms with Crippen molar-refractivity contribution >= 4 is 46.8 Å². The summed E-state index contributed by atoms with van der Waals surface area (Å²) in [6, 6.07) is 14.3. The van der Waals surface area contributed by atoms with Crippen LogP contribution in [0.5, 0.6) is 0 Å². The summed E-state index contributed by atoms with van der Waals surface area (Å²) in [6.45, 7) is 0.322. The van der Waals surface area contributed by atoms with Crippen molar-refractivity contribution in [1.29, 1.82) is 5.26 Å². The molecule has 2 rings (SSSR count). The van der Waals surface area contributed by atoms with Gasteiger partial charge in [0.25, 0.3) is 5.91 Å². The van der Waals surface area contributed by atoms with E-state index in [1.807, 2.05) is 36.4 Å². The zero-order chi connectivity index (χ0) is 16.8. The van der Waals surface area contributed by atoms with Crippen LogP contribution in [0.1, 0.15) is 11.1 Å². The van der Waals surface area contributed by atoms with Gasteiger partial charge in [0.05, 0.1) is 10.0 Å². The van der Waals surface area contributed by atoms with Crippen molar-refractivity contribution in [3.63, 3.8) is 0 Å². The van der Waals surface area contributed by atoms with E-state index < -0.39 is 5.91 Å². The molecule has 0 saturated carbocycles. The number of amides is 1. The Balaban J connectivity index is 2.19. The minimum atomic E-state index is -0.497. The van der Waals surface area contributed by atoms with Gasteiger partial charge in [0.1, 0.15) is 11.6 Å². The number of nitrogens with one attached hydrogen (secondary N) is 1. The molecule has 2 aromatic rings. The lowest BCUT2D eigenvalue weighted by atomic mass is 10.1. The Kier molecular flexibility index (Phi) is 6.06. The molecule has 0 aliphatic rings. The van der Waals surface area contributed by atoms with E-state index in [1.165, 1.54) is 18.2 Å². The molecule has 1 amide bonds. The summed E-state index contributed by atoms with van der Waals surface area (Å²) in [7, 11) is 0. The molecule has 0 aliphatic heterocycles. The van der Waals surface area contributed by atoms with Gasteiger partial charge in [-0.1, -0.05) is 65.1 Å². The van der Waals surface area contributed by atoms with E-state index in [0.717, 1.165) is 5.56 Å². The summed E-state index contributed by atoms with van der Waals surface area (Å²) in [5, 5.41) is 12.7. The number of carbonyl (C=O) groups is 1. The smallest absolute Gasteiger partial charge is 0.262 e. The maximum atomic E-state index is 12.1. The lowest BCUT2D eigenvalue weighted by Gasteiger charge is -2.06. The first kappa shape index (κ1) is 17.4. The van der Waals surface area contributed by atoms with Crippen molar-refractivity contribution in [2.24, 2.45) is 0 Å². The van der Waals surface area contributed by atoms with Crippen molar-refractivity contribution in [2.75, 3.05) is 0 Å². The molecule has 0 heterocycles. The van der Waals surface area contributed by atoms with Crippen molar-refractivity contribution in [3.8, 4) is 6.07 Å². The number of nitrogens with zero attached hydrogens (tertiary/aromatic N) is 1. The third-order valence-electron chi connectivity index (χ3n) is 2.98. The third-order valence-corrected chi connectivity index (χ3v) is 4.02. The number of halogens is 3. The van der Waals surface area contributed by atoms with Crippen LogP contribution in [0.2, 0.25) is 15.1 Å². The second kappa shape index (κ2) is 8.03. The summed E-state index contributed by atoms with van der Waals surface area (Å²) in [6.07, 6.45) is 1.36. The van der Waals surface area contributed by atoms with E-state index in [9.17, 15) is 10.1 Å². The van der Waals surface area contributed by atoms with Gasteiger partial charge in [0.2, 0.25) is 0 Å². The first-order chi connectivity index (χ1) is 11.0. The third kappa shape index (κ3) is 4.74. The highest BCUT2D eigenvalue weighted by Crippen LogP contribution is 2.31. The summed E-state index contributed by atoms with van der Waals surface area (Å²) in [5.74, 6) is -0.497. The number of rotatable bonds is 4. The van der Waals surface area contributed by atoms with Gasteiger partial charge in [-0.3, -0.25) is 4.79 Å². The van der Waals surface area contributed by atoms with Crippen molar-refractivity contribution in [3.05, 3.63) is 74.2 Å². The maximum absolute atomic E-state index is 12.1. The van der Waals surface area contributed by atoms with Crippen LogP contribution in [0.15, 0.2) is 48.0 Å². The summed E-state index contributed by atoms with van der Waals surface area (Å²) in [5.41, 5.74) is 1.26. The molecule has 0 bridgehead atoms. The van der Waals surface area contributed by atoms with Crippen molar-refractivity contribution < 1.29 is 4.79 Å². The fraction of sp³-hybridized carbons (Fsp3) is 0.0588. The number of nitriles is 1. The predicted molar refractivity (Wildman–Crippen MR) is 93.4 cm³/mol. The highest BCUT2D eigenvalue weighted by Gasteiger charge is 2.12. The number of hydrogen-bond acceptors (Lipinski definition) is 2. The van der Waals surface area contributed by atoms with Crippen LogP contribution < -0.4 is 5.32 Å². The van der Waals surface area contributed by atoms with Crippen LogP contribution in [0.4, 0.5) is 0 Å². The Morgan fingerprint density at radius 3 is 2.52 bits per heavy atom. The second-order valence-corrected chi connectivity index (χ2v) is 5.85. The molecule has 0 fully saturated rings. The molecule has 0 aliphatic carbocycles. The van der Waals surface area contributed by atoms with Crippen LogP contribution in [0.25, 0.3) is 6.08 Å². The Bertz CT molecular complexity index is 795. The average molecular weight is 366 g/mol. The molecule has 3 nitrogen and oxygen atoms in total. The topological polar surface area (TPSA) is 52.9 Å². The van der Waals surface area contributed by atoms with E-state index in [4.69, 9.17) is 34.8 Å². The normalized spacial score (nSPS) is 11.0. The molecule has 116 valence electrons. The molecule has 6 heteroatoms. The highest BCUT2D eigenvalue weighted by molar-refractivity contribution is 6.44. The zero-order valence-corrected chi connectivity index (χ0v) is 14.1. The molecule has 0 saturated heterocycles. The van der Waals surface area contributed by atoms with Gasteiger partial charge >= 0.3 is 0 Å². The molecule has 23 heavy (non-hydrogen) atoms. The Morgan fingerprint density at radius 1 is 1.17 bits per heavy atom. The SMILES string of the molecule is N#C/C(=C\c1cc(Cl)cc(Cl)c1Cl)C(=O)NCc1ccccc1. The first-order valence-electron chi connectivity index (χ1n) is 6.59. The molecule has 0 spiro atoms. The lowest BCUT2D eigenvalue weighted by Crippen LogP contribution is -2.23. The molecular weight excluding hydrogens is 355 g/mol. The van der Waals surface area contributed by atoms with Gasteiger partial charge < -0.3 is 5.32 Å². The molecule has 0 aromatic heterocycles. The van der Waals surface area contributed by atoms with Gasteiger partial charge in [-0.15, -0.1) is 0 Å².